The van der Waals surface area contributed by atoms with Gasteiger partial charge in [0.25, 0.3) is 0 Å². The SMILES string of the molecule is CC(CCC(=O)NCCS(C)(=O)=O)[C@H]1CC[C@H]2[C@@H]3[C@H](O)C[C@@H]4CC(O)CC[C@]4(C)[C@H]3CC[C@]12C. The van der Waals surface area contributed by atoms with Gasteiger partial charge in [-0.15, -0.1) is 0 Å². The van der Waals surface area contributed by atoms with E-state index in [4.69, 9.17) is 0 Å². The number of aliphatic hydroxyl groups is 2. The third kappa shape index (κ3) is 4.95. The molecule has 4 rings (SSSR count). The van der Waals surface area contributed by atoms with Gasteiger partial charge in [0.1, 0.15) is 9.84 Å². The Kier molecular flexibility index (Phi) is 7.50. The van der Waals surface area contributed by atoms with Crippen LogP contribution in [0.2, 0.25) is 0 Å². The van der Waals surface area contributed by atoms with E-state index in [0.29, 0.717) is 41.9 Å². The smallest absolute Gasteiger partial charge is 0.220 e. The summed E-state index contributed by atoms with van der Waals surface area (Å²) in [5, 5.41) is 24.4. The van der Waals surface area contributed by atoms with Crippen LogP contribution in [0.4, 0.5) is 0 Å². The van der Waals surface area contributed by atoms with E-state index in [1.165, 1.54) is 31.9 Å². The average molecular weight is 498 g/mol. The zero-order valence-electron chi connectivity index (χ0n) is 21.6. The molecule has 4 fully saturated rings. The second-order valence-electron chi connectivity index (χ2n) is 12.9. The van der Waals surface area contributed by atoms with Crippen molar-refractivity contribution < 1.29 is 23.4 Å². The third-order valence-corrected chi connectivity index (χ3v) is 12.0. The van der Waals surface area contributed by atoms with Crippen molar-refractivity contribution in [3.05, 3.63) is 0 Å². The molecule has 0 heterocycles. The van der Waals surface area contributed by atoms with Gasteiger partial charge in [0.05, 0.1) is 18.0 Å². The number of rotatable bonds is 7. The molecule has 10 atom stereocenters. The predicted molar refractivity (Wildman–Crippen MR) is 134 cm³/mol. The van der Waals surface area contributed by atoms with Gasteiger partial charge in [0, 0.05) is 19.2 Å². The standard InChI is InChI=1S/C27H47NO5S/c1-17(5-8-24(31)28-13-14-34(4,32)33)20-6-7-21-25-22(10-12-27(20,21)3)26(2)11-9-19(29)15-18(26)16-23(25)30/h17-23,25,29-30H,5-16H2,1-4H3,(H,28,31)/t17?,18-,19?,20+,21-,22-,23+,25-,26-,27+/m0/s1. The quantitative estimate of drug-likeness (QED) is 0.499. The highest BCUT2D eigenvalue weighted by Crippen LogP contribution is 2.68. The summed E-state index contributed by atoms with van der Waals surface area (Å²) in [6, 6.07) is 0. The molecule has 3 N–H and O–H groups in total. The largest absolute Gasteiger partial charge is 0.393 e. The van der Waals surface area contributed by atoms with Crippen molar-refractivity contribution in [3.8, 4) is 0 Å². The number of nitrogens with one attached hydrogen (secondary N) is 1. The van der Waals surface area contributed by atoms with Crippen LogP contribution in [0.25, 0.3) is 0 Å². The van der Waals surface area contributed by atoms with Crippen LogP contribution in [0.5, 0.6) is 0 Å². The summed E-state index contributed by atoms with van der Waals surface area (Å²) in [6.45, 7) is 7.38. The fourth-order valence-corrected chi connectivity index (χ4v) is 9.67. The fraction of sp³-hybridized carbons (Fsp3) is 0.963. The van der Waals surface area contributed by atoms with E-state index in [9.17, 15) is 23.4 Å². The summed E-state index contributed by atoms with van der Waals surface area (Å²) >= 11 is 0. The maximum atomic E-state index is 12.3. The van der Waals surface area contributed by atoms with Crippen molar-refractivity contribution in [2.75, 3.05) is 18.6 Å². The second kappa shape index (κ2) is 9.66. The van der Waals surface area contributed by atoms with E-state index in [1.54, 1.807) is 0 Å². The number of sulfone groups is 1. The molecule has 2 unspecified atom stereocenters. The zero-order chi connectivity index (χ0) is 24.9. The lowest BCUT2D eigenvalue weighted by molar-refractivity contribution is -0.174. The van der Waals surface area contributed by atoms with Crippen LogP contribution in [0.3, 0.4) is 0 Å². The maximum Gasteiger partial charge on any atom is 0.220 e. The van der Waals surface area contributed by atoms with Gasteiger partial charge in [0.15, 0.2) is 0 Å². The molecule has 4 saturated carbocycles. The number of aliphatic hydroxyl groups excluding tert-OH is 2. The van der Waals surface area contributed by atoms with Gasteiger partial charge in [-0.25, -0.2) is 8.42 Å². The Morgan fingerprint density at radius 1 is 1.03 bits per heavy atom. The number of fused-ring (bicyclic) bond motifs is 5. The Bertz CT molecular complexity index is 861. The Morgan fingerprint density at radius 3 is 2.41 bits per heavy atom. The van der Waals surface area contributed by atoms with E-state index in [2.05, 4.69) is 26.1 Å². The molecule has 0 aromatic heterocycles. The summed E-state index contributed by atoms with van der Waals surface area (Å²) in [5.41, 5.74) is 0.462. The molecular weight excluding hydrogens is 450 g/mol. The van der Waals surface area contributed by atoms with Crippen molar-refractivity contribution >= 4 is 15.7 Å². The van der Waals surface area contributed by atoms with Crippen molar-refractivity contribution in [3.63, 3.8) is 0 Å². The molecule has 0 bridgehead atoms. The summed E-state index contributed by atoms with van der Waals surface area (Å²) in [7, 11) is -3.06. The molecule has 4 aliphatic carbocycles. The molecule has 7 heteroatoms. The van der Waals surface area contributed by atoms with Crippen LogP contribution in [0.1, 0.15) is 85.0 Å². The molecular formula is C27H47NO5S. The van der Waals surface area contributed by atoms with Gasteiger partial charge < -0.3 is 15.5 Å². The maximum absolute atomic E-state index is 12.3. The summed E-state index contributed by atoms with van der Waals surface area (Å²) in [5.74, 6) is 2.83. The molecule has 196 valence electrons. The van der Waals surface area contributed by atoms with Crippen LogP contribution < -0.4 is 5.32 Å². The number of carbonyl (C=O) groups is 1. The number of hydrogen-bond acceptors (Lipinski definition) is 5. The first kappa shape index (κ1) is 26.4. The molecule has 1 amide bonds. The Balaban J connectivity index is 1.39. The number of amides is 1. The molecule has 0 aliphatic heterocycles. The van der Waals surface area contributed by atoms with Crippen molar-refractivity contribution in [1.82, 2.24) is 5.32 Å². The summed E-state index contributed by atoms with van der Waals surface area (Å²) in [4.78, 5) is 12.3. The van der Waals surface area contributed by atoms with Crippen molar-refractivity contribution in [2.24, 2.45) is 46.3 Å². The Morgan fingerprint density at radius 2 is 1.71 bits per heavy atom. The first-order valence-corrected chi connectivity index (χ1v) is 15.7. The topological polar surface area (TPSA) is 104 Å². The highest BCUT2D eigenvalue weighted by Gasteiger charge is 2.62. The van der Waals surface area contributed by atoms with E-state index in [-0.39, 0.29) is 41.2 Å². The van der Waals surface area contributed by atoms with E-state index >= 15 is 0 Å². The molecule has 0 radical (unpaired) electrons. The fourth-order valence-electron chi connectivity index (χ4n) is 9.20. The van der Waals surface area contributed by atoms with Gasteiger partial charge in [0.2, 0.25) is 5.91 Å². The number of carbonyl (C=O) groups excluding carboxylic acids is 1. The minimum atomic E-state index is -3.06. The van der Waals surface area contributed by atoms with Gasteiger partial charge >= 0.3 is 0 Å². The molecule has 0 aromatic rings. The van der Waals surface area contributed by atoms with Crippen molar-refractivity contribution in [2.45, 2.75) is 97.2 Å². The minimum absolute atomic E-state index is 0.0136. The second-order valence-corrected chi connectivity index (χ2v) is 15.2. The third-order valence-electron chi connectivity index (χ3n) is 11.0. The Labute approximate surface area is 206 Å². The number of hydrogen-bond donors (Lipinski definition) is 3. The zero-order valence-corrected chi connectivity index (χ0v) is 22.4. The van der Waals surface area contributed by atoms with E-state index in [1.807, 2.05) is 0 Å². The lowest BCUT2D eigenvalue weighted by Gasteiger charge is -2.62. The van der Waals surface area contributed by atoms with Crippen LogP contribution >= 0.6 is 0 Å². The van der Waals surface area contributed by atoms with Crippen LogP contribution in [-0.2, 0) is 14.6 Å². The highest BCUT2D eigenvalue weighted by atomic mass is 32.2. The van der Waals surface area contributed by atoms with Gasteiger partial charge in [-0.3, -0.25) is 4.79 Å². The first-order valence-electron chi connectivity index (χ1n) is 13.7. The predicted octanol–water partition coefficient (Wildman–Crippen LogP) is 3.55. The average Bonchev–Trinajstić information content (AvgIpc) is 3.09. The van der Waals surface area contributed by atoms with Gasteiger partial charge in [-0.05, 0) is 104 Å². The van der Waals surface area contributed by atoms with Crippen LogP contribution in [-0.4, -0.2) is 55.3 Å². The molecule has 0 spiro atoms. The molecule has 6 nitrogen and oxygen atoms in total. The first-order chi connectivity index (χ1) is 15.8. The molecule has 0 saturated heterocycles. The summed E-state index contributed by atoms with van der Waals surface area (Å²) < 4.78 is 22.6. The Hall–Kier alpha value is -0.660. The molecule has 0 aromatic carbocycles. The van der Waals surface area contributed by atoms with E-state index in [0.717, 1.165) is 32.1 Å². The van der Waals surface area contributed by atoms with Crippen LogP contribution in [0, 0.1) is 46.3 Å². The molecule has 4 aliphatic rings. The van der Waals surface area contributed by atoms with Crippen molar-refractivity contribution in [1.29, 1.82) is 0 Å². The summed E-state index contributed by atoms with van der Waals surface area (Å²) in [6.07, 6.45) is 10.4. The normalized spacial score (nSPS) is 45.1. The highest BCUT2D eigenvalue weighted by molar-refractivity contribution is 7.90. The lowest BCUT2D eigenvalue weighted by Crippen LogP contribution is -2.58. The van der Waals surface area contributed by atoms with Crippen LogP contribution in [0.15, 0.2) is 0 Å². The lowest BCUT2D eigenvalue weighted by atomic mass is 9.43. The monoisotopic (exact) mass is 497 g/mol. The van der Waals surface area contributed by atoms with Gasteiger partial charge in [-0.1, -0.05) is 20.8 Å². The molecule has 34 heavy (non-hydrogen) atoms. The van der Waals surface area contributed by atoms with E-state index < -0.39 is 9.84 Å². The minimum Gasteiger partial charge on any atom is -0.393 e. The van der Waals surface area contributed by atoms with Gasteiger partial charge in [-0.2, -0.15) is 0 Å².